The van der Waals surface area contributed by atoms with E-state index in [0.29, 0.717) is 6.04 Å². The van der Waals surface area contributed by atoms with E-state index < -0.39 is 0 Å². The van der Waals surface area contributed by atoms with Crippen LogP contribution < -0.4 is 5.32 Å². The van der Waals surface area contributed by atoms with Gasteiger partial charge in [-0.1, -0.05) is 27.7 Å². The van der Waals surface area contributed by atoms with E-state index in [1.807, 2.05) is 0 Å². The predicted molar refractivity (Wildman–Crippen MR) is 67.1 cm³/mol. The van der Waals surface area contributed by atoms with Crippen molar-refractivity contribution in [2.24, 2.45) is 17.8 Å². The summed E-state index contributed by atoms with van der Waals surface area (Å²) in [5.41, 5.74) is 0. The Bertz CT molecular complexity index is 137. The van der Waals surface area contributed by atoms with Crippen LogP contribution in [0.15, 0.2) is 0 Å². The van der Waals surface area contributed by atoms with E-state index >= 15 is 0 Å². The second-order valence-electron chi connectivity index (χ2n) is 5.24. The van der Waals surface area contributed by atoms with Crippen LogP contribution >= 0.6 is 0 Å². The molecule has 0 fully saturated rings. The lowest BCUT2D eigenvalue weighted by molar-refractivity contribution is 0.180. The minimum absolute atomic E-state index is 0.560. The molecule has 0 aliphatic carbocycles. The van der Waals surface area contributed by atoms with Crippen LogP contribution in [0.1, 0.15) is 41.0 Å². The molecular formula is C13H29NO. The minimum atomic E-state index is 0.560. The normalized spacial score (nSPS) is 14.2. The second-order valence-corrected chi connectivity index (χ2v) is 5.24. The molecule has 0 radical (unpaired) electrons. The second kappa shape index (κ2) is 8.12. The highest BCUT2D eigenvalue weighted by molar-refractivity contribution is 4.71. The molecule has 2 nitrogen and oxygen atoms in total. The largest absolute Gasteiger partial charge is 0.385 e. The molecule has 2 heteroatoms. The molecule has 1 unspecified atom stereocenters. The van der Waals surface area contributed by atoms with E-state index in [9.17, 15) is 0 Å². The Morgan fingerprint density at radius 1 is 1.00 bits per heavy atom. The molecule has 0 rings (SSSR count). The van der Waals surface area contributed by atoms with Crippen molar-refractivity contribution < 1.29 is 4.74 Å². The summed E-state index contributed by atoms with van der Waals surface area (Å²) >= 11 is 0. The van der Waals surface area contributed by atoms with Gasteiger partial charge in [-0.3, -0.25) is 0 Å². The van der Waals surface area contributed by atoms with Crippen molar-refractivity contribution in [1.82, 2.24) is 5.32 Å². The third-order valence-corrected chi connectivity index (χ3v) is 3.17. The molecule has 0 aromatic carbocycles. The van der Waals surface area contributed by atoms with Gasteiger partial charge in [0.1, 0.15) is 0 Å². The zero-order valence-corrected chi connectivity index (χ0v) is 11.3. The maximum Gasteiger partial charge on any atom is 0.0476 e. The lowest BCUT2D eigenvalue weighted by Gasteiger charge is -2.27. The lowest BCUT2D eigenvalue weighted by atomic mass is 9.85. The quantitative estimate of drug-likeness (QED) is 0.672. The fourth-order valence-corrected chi connectivity index (χ4v) is 1.98. The Labute approximate surface area is 95.8 Å². The first-order chi connectivity index (χ1) is 6.99. The monoisotopic (exact) mass is 215 g/mol. The van der Waals surface area contributed by atoms with Crippen LogP contribution in [0.25, 0.3) is 0 Å². The predicted octanol–water partition coefficient (Wildman–Crippen LogP) is 2.93. The molecule has 0 spiro atoms. The van der Waals surface area contributed by atoms with E-state index in [1.54, 1.807) is 7.11 Å². The molecule has 0 bridgehead atoms. The highest BCUT2D eigenvalue weighted by atomic mass is 16.5. The van der Waals surface area contributed by atoms with Crippen LogP contribution in [0, 0.1) is 17.8 Å². The number of ether oxygens (including phenoxy) is 1. The fourth-order valence-electron chi connectivity index (χ4n) is 1.98. The molecule has 0 heterocycles. The van der Waals surface area contributed by atoms with E-state index in [1.165, 1.54) is 0 Å². The maximum absolute atomic E-state index is 5.07. The maximum atomic E-state index is 5.07. The molecule has 0 aliphatic heterocycles. The molecule has 0 saturated carbocycles. The number of hydrogen-bond donors (Lipinski definition) is 1. The summed E-state index contributed by atoms with van der Waals surface area (Å²) in [5.74, 6) is 2.29. The van der Waals surface area contributed by atoms with Crippen molar-refractivity contribution in [2.75, 3.05) is 20.3 Å². The van der Waals surface area contributed by atoms with E-state index in [-0.39, 0.29) is 0 Å². The summed E-state index contributed by atoms with van der Waals surface area (Å²) in [6.07, 6.45) is 1.10. The van der Waals surface area contributed by atoms with Gasteiger partial charge in [-0.05, 0) is 37.6 Å². The number of hydrogen-bond acceptors (Lipinski definition) is 2. The molecular weight excluding hydrogens is 186 g/mol. The Morgan fingerprint density at radius 2 is 1.53 bits per heavy atom. The van der Waals surface area contributed by atoms with Gasteiger partial charge in [0.25, 0.3) is 0 Å². The Hall–Kier alpha value is -0.0800. The van der Waals surface area contributed by atoms with Crippen molar-refractivity contribution >= 4 is 0 Å². The van der Waals surface area contributed by atoms with Crippen LogP contribution in [0.4, 0.5) is 0 Å². The van der Waals surface area contributed by atoms with E-state index in [0.717, 1.165) is 37.3 Å². The average molecular weight is 215 g/mol. The van der Waals surface area contributed by atoms with Crippen LogP contribution in [-0.2, 0) is 4.74 Å². The number of rotatable bonds is 8. The summed E-state index contributed by atoms with van der Waals surface area (Å²) < 4.78 is 5.07. The standard InChI is InChI=1S/C13H29NO/c1-10(2)13(11(3)4)9-14-12(5)7-8-15-6/h10-14H,7-9H2,1-6H3. The van der Waals surface area contributed by atoms with Crippen LogP contribution in [0.2, 0.25) is 0 Å². The van der Waals surface area contributed by atoms with Gasteiger partial charge in [0.15, 0.2) is 0 Å². The first kappa shape index (κ1) is 14.9. The third kappa shape index (κ3) is 6.91. The van der Waals surface area contributed by atoms with Crippen LogP contribution in [-0.4, -0.2) is 26.3 Å². The van der Waals surface area contributed by atoms with Gasteiger partial charge in [0.2, 0.25) is 0 Å². The minimum Gasteiger partial charge on any atom is -0.385 e. The zero-order valence-electron chi connectivity index (χ0n) is 11.3. The first-order valence-electron chi connectivity index (χ1n) is 6.21. The van der Waals surface area contributed by atoms with Crippen LogP contribution in [0.3, 0.4) is 0 Å². The van der Waals surface area contributed by atoms with E-state index in [2.05, 4.69) is 39.9 Å². The molecule has 0 aromatic rings. The van der Waals surface area contributed by atoms with Gasteiger partial charge in [0, 0.05) is 19.8 Å². The van der Waals surface area contributed by atoms with Gasteiger partial charge < -0.3 is 10.1 Å². The summed E-state index contributed by atoms with van der Waals surface area (Å²) in [6, 6.07) is 0.560. The topological polar surface area (TPSA) is 21.3 Å². The molecule has 92 valence electrons. The highest BCUT2D eigenvalue weighted by Gasteiger charge is 2.17. The average Bonchev–Trinajstić information content (AvgIpc) is 2.13. The summed E-state index contributed by atoms with van der Waals surface area (Å²) in [5, 5.41) is 3.60. The summed E-state index contributed by atoms with van der Waals surface area (Å²) in [6.45, 7) is 13.5. The molecule has 1 atom stereocenters. The van der Waals surface area contributed by atoms with Crippen molar-refractivity contribution in [3.05, 3.63) is 0 Å². The lowest BCUT2D eigenvalue weighted by Crippen LogP contribution is -2.35. The van der Waals surface area contributed by atoms with Gasteiger partial charge >= 0.3 is 0 Å². The van der Waals surface area contributed by atoms with Crippen molar-refractivity contribution in [3.63, 3.8) is 0 Å². The molecule has 0 saturated heterocycles. The highest BCUT2D eigenvalue weighted by Crippen LogP contribution is 2.19. The molecule has 1 N–H and O–H groups in total. The first-order valence-corrected chi connectivity index (χ1v) is 6.21. The van der Waals surface area contributed by atoms with Crippen molar-refractivity contribution in [2.45, 2.75) is 47.1 Å². The Balaban J connectivity index is 3.78. The van der Waals surface area contributed by atoms with E-state index in [4.69, 9.17) is 4.74 Å². The van der Waals surface area contributed by atoms with Gasteiger partial charge in [-0.25, -0.2) is 0 Å². The Kier molecular flexibility index (Phi) is 8.07. The Morgan fingerprint density at radius 3 is 1.93 bits per heavy atom. The van der Waals surface area contributed by atoms with Gasteiger partial charge in [0.05, 0.1) is 0 Å². The van der Waals surface area contributed by atoms with Gasteiger partial charge in [-0.15, -0.1) is 0 Å². The smallest absolute Gasteiger partial charge is 0.0476 e. The summed E-state index contributed by atoms with van der Waals surface area (Å²) in [4.78, 5) is 0. The SMILES string of the molecule is COCCC(C)NCC(C(C)C)C(C)C. The van der Waals surface area contributed by atoms with Gasteiger partial charge in [-0.2, -0.15) is 0 Å². The molecule has 0 aliphatic rings. The van der Waals surface area contributed by atoms with Crippen LogP contribution in [0.5, 0.6) is 0 Å². The number of nitrogens with one attached hydrogen (secondary N) is 1. The molecule has 0 amide bonds. The summed E-state index contributed by atoms with van der Waals surface area (Å²) in [7, 11) is 1.76. The number of methoxy groups -OCH3 is 1. The molecule has 0 aromatic heterocycles. The van der Waals surface area contributed by atoms with Crippen molar-refractivity contribution in [3.8, 4) is 0 Å². The zero-order chi connectivity index (χ0) is 11.8. The van der Waals surface area contributed by atoms with Crippen molar-refractivity contribution in [1.29, 1.82) is 0 Å². The molecule has 15 heavy (non-hydrogen) atoms. The fraction of sp³-hybridized carbons (Fsp3) is 1.00. The third-order valence-electron chi connectivity index (χ3n) is 3.17.